The lowest BCUT2D eigenvalue weighted by Crippen LogP contribution is -2.40. The van der Waals surface area contributed by atoms with Crippen molar-refractivity contribution in [3.8, 4) is 0 Å². The van der Waals surface area contributed by atoms with Crippen LogP contribution in [0.1, 0.15) is 40.0 Å². The highest BCUT2D eigenvalue weighted by molar-refractivity contribution is 5.67. The van der Waals surface area contributed by atoms with Gasteiger partial charge in [0.25, 0.3) is 0 Å². The highest BCUT2D eigenvalue weighted by Gasteiger charge is 2.43. The molecule has 1 saturated carbocycles. The van der Waals surface area contributed by atoms with Crippen LogP contribution in [0.5, 0.6) is 0 Å². The molecule has 1 saturated heterocycles. The van der Waals surface area contributed by atoms with E-state index in [1.807, 2.05) is 20.8 Å². The van der Waals surface area contributed by atoms with Gasteiger partial charge in [0, 0.05) is 0 Å². The zero-order chi connectivity index (χ0) is 10.3. The minimum Gasteiger partial charge on any atom is -0.442 e. The Hall–Kier alpha value is -0.770. The van der Waals surface area contributed by atoms with Crippen molar-refractivity contribution in [2.24, 2.45) is 0 Å². The van der Waals surface area contributed by atoms with Crippen molar-refractivity contribution in [2.75, 3.05) is 0 Å². The molecule has 2 aliphatic rings. The second kappa shape index (κ2) is 3.12. The van der Waals surface area contributed by atoms with Crippen LogP contribution in [0.15, 0.2) is 0 Å². The molecule has 80 valence electrons. The second-order valence-corrected chi connectivity index (χ2v) is 5.00. The Morgan fingerprint density at radius 2 is 2.14 bits per heavy atom. The number of hydrogen-bond acceptors (Lipinski definition) is 3. The number of carbonyl (C=O) groups is 1. The summed E-state index contributed by atoms with van der Waals surface area (Å²) < 4.78 is 5.24. The molecule has 2 fully saturated rings. The third-order valence-electron chi connectivity index (χ3n) is 2.52. The Morgan fingerprint density at radius 3 is 2.57 bits per heavy atom. The largest absolute Gasteiger partial charge is 0.442 e. The summed E-state index contributed by atoms with van der Waals surface area (Å²) in [5.74, 6) is 0. The summed E-state index contributed by atoms with van der Waals surface area (Å²) in [5.41, 5.74) is -0.442. The lowest BCUT2D eigenvalue weighted by Gasteiger charge is -2.28. The molecule has 0 radical (unpaired) electrons. The average Bonchev–Trinajstić information content (AvgIpc) is 2.59. The number of carbonyl (C=O) groups excluding carboxylic acids is 1. The molecule has 0 spiro atoms. The maximum atomic E-state index is 11.6. The molecular formula is C10H17NO3. The summed E-state index contributed by atoms with van der Waals surface area (Å²) >= 11 is 0. The molecule has 0 aromatic carbocycles. The molecule has 2 atom stereocenters. The van der Waals surface area contributed by atoms with Crippen molar-refractivity contribution in [1.82, 2.24) is 5.06 Å². The zero-order valence-corrected chi connectivity index (χ0v) is 8.95. The first-order chi connectivity index (χ1) is 6.46. The van der Waals surface area contributed by atoms with Crippen LogP contribution in [0.2, 0.25) is 0 Å². The normalized spacial score (nSPS) is 30.9. The zero-order valence-electron chi connectivity index (χ0n) is 8.95. The van der Waals surface area contributed by atoms with Gasteiger partial charge in [0.1, 0.15) is 5.60 Å². The fourth-order valence-electron chi connectivity index (χ4n) is 1.97. The predicted molar refractivity (Wildman–Crippen MR) is 50.6 cm³/mol. The third-order valence-corrected chi connectivity index (χ3v) is 2.52. The highest BCUT2D eigenvalue weighted by Crippen LogP contribution is 2.35. The SMILES string of the molecule is CC(C)(C)OC(=O)N1O[C@H]2CC[C@H]1C2. The standard InChI is InChI=1S/C10H17NO3/c1-10(2,3)13-9(12)11-7-4-5-8(6-7)14-11/h7-8H,4-6H2,1-3H3/t7-,8-/m0/s1. The molecule has 1 heterocycles. The van der Waals surface area contributed by atoms with E-state index in [1.54, 1.807) is 0 Å². The van der Waals surface area contributed by atoms with E-state index < -0.39 is 5.60 Å². The van der Waals surface area contributed by atoms with Crippen molar-refractivity contribution in [3.05, 3.63) is 0 Å². The number of hydrogen-bond donors (Lipinski definition) is 0. The van der Waals surface area contributed by atoms with Gasteiger partial charge in [-0.15, -0.1) is 0 Å². The third kappa shape index (κ3) is 1.85. The lowest BCUT2D eigenvalue weighted by atomic mass is 10.2. The molecule has 2 bridgehead atoms. The highest BCUT2D eigenvalue weighted by atomic mass is 16.7. The van der Waals surface area contributed by atoms with Gasteiger partial charge in [-0.05, 0) is 40.0 Å². The topological polar surface area (TPSA) is 38.8 Å². The maximum Gasteiger partial charge on any atom is 0.434 e. The minimum atomic E-state index is -0.442. The molecule has 4 nitrogen and oxygen atoms in total. The molecule has 1 aliphatic heterocycles. The van der Waals surface area contributed by atoms with Gasteiger partial charge < -0.3 is 4.74 Å². The second-order valence-electron chi connectivity index (χ2n) is 5.00. The van der Waals surface area contributed by atoms with E-state index in [9.17, 15) is 4.79 Å². The number of amides is 1. The Kier molecular flexibility index (Phi) is 2.18. The van der Waals surface area contributed by atoms with Crippen LogP contribution in [0.3, 0.4) is 0 Å². The van der Waals surface area contributed by atoms with E-state index >= 15 is 0 Å². The van der Waals surface area contributed by atoms with E-state index in [2.05, 4.69) is 0 Å². The number of hydroxylamine groups is 2. The summed E-state index contributed by atoms with van der Waals surface area (Å²) in [5, 5.41) is 1.42. The first kappa shape index (κ1) is 9.77. The van der Waals surface area contributed by atoms with Gasteiger partial charge in [-0.2, -0.15) is 5.06 Å². The van der Waals surface area contributed by atoms with Gasteiger partial charge in [0.15, 0.2) is 0 Å². The van der Waals surface area contributed by atoms with Crippen LogP contribution in [-0.2, 0) is 9.57 Å². The summed E-state index contributed by atoms with van der Waals surface area (Å²) in [4.78, 5) is 17.1. The molecule has 1 amide bonds. The number of fused-ring (bicyclic) bond motifs is 2. The fraction of sp³-hybridized carbons (Fsp3) is 0.900. The molecule has 0 N–H and O–H groups in total. The summed E-state index contributed by atoms with van der Waals surface area (Å²) in [6, 6.07) is 0.245. The van der Waals surface area contributed by atoms with Crippen LogP contribution >= 0.6 is 0 Å². The van der Waals surface area contributed by atoms with E-state index in [1.165, 1.54) is 5.06 Å². The van der Waals surface area contributed by atoms with E-state index in [-0.39, 0.29) is 18.2 Å². The molecule has 0 aromatic rings. The van der Waals surface area contributed by atoms with Crippen molar-refractivity contribution >= 4 is 6.09 Å². The molecule has 0 aromatic heterocycles. The van der Waals surface area contributed by atoms with E-state index in [0.717, 1.165) is 19.3 Å². The van der Waals surface area contributed by atoms with Crippen LogP contribution in [0.25, 0.3) is 0 Å². The van der Waals surface area contributed by atoms with Gasteiger partial charge in [0.05, 0.1) is 12.1 Å². The Morgan fingerprint density at radius 1 is 1.43 bits per heavy atom. The van der Waals surface area contributed by atoms with Crippen LogP contribution < -0.4 is 0 Å². The Bertz CT molecular complexity index is 246. The molecule has 0 unspecified atom stereocenters. The van der Waals surface area contributed by atoms with Crippen molar-refractivity contribution in [1.29, 1.82) is 0 Å². The fourth-order valence-corrected chi connectivity index (χ4v) is 1.97. The lowest BCUT2D eigenvalue weighted by molar-refractivity contribution is -0.169. The minimum absolute atomic E-state index is 0.243. The monoisotopic (exact) mass is 199 g/mol. The summed E-state index contributed by atoms with van der Waals surface area (Å²) in [6.45, 7) is 5.58. The first-order valence-electron chi connectivity index (χ1n) is 5.15. The molecule has 14 heavy (non-hydrogen) atoms. The van der Waals surface area contributed by atoms with Gasteiger partial charge >= 0.3 is 6.09 Å². The van der Waals surface area contributed by atoms with Crippen LogP contribution in [0.4, 0.5) is 4.79 Å². The van der Waals surface area contributed by atoms with Crippen molar-refractivity contribution < 1.29 is 14.4 Å². The van der Waals surface area contributed by atoms with Crippen molar-refractivity contribution in [2.45, 2.75) is 57.8 Å². The van der Waals surface area contributed by atoms with E-state index in [0.29, 0.717) is 0 Å². The molecule has 4 heteroatoms. The first-order valence-corrected chi connectivity index (χ1v) is 5.15. The van der Waals surface area contributed by atoms with Crippen LogP contribution in [0, 0.1) is 0 Å². The van der Waals surface area contributed by atoms with Gasteiger partial charge in [-0.1, -0.05) is 0 Å². The van der Waals surface area contributed by atoms with Gasteiger partial charge in [-0.25, -0.2) is 4.79 Å². The van der Waals surface area contributed by atoms with Gasteiger partial charge in [-0.3, -0.25) is 4.84 Å². The van der Waals surface area contributed by atoms with Crippen LogP contribution in [-0.4, -0.2) is 28.9 Å². The van der Waals surface area contributed by atoms with E-state index in [4.69, 9.17) is 9.57 Å². The maximum absolute atomic E-state index is 11.6. The van der Waals surface area contributed by atoms with Crippen molar-refractivity contribution in [3.63, 3.8) is 0 Å². The Balaban J connectivity index is 1.93. The number of ether oxygens (including phenoxy) is 1. The molecule has 1 aliphatic carbocycles. The molecule has 2 rings (SSSR count). The predicted octanol–water partition coefficient (Wildman–Crippen LogP) is 2.09. The summed E-state index contributed by atoms with van der Waals surface area (Å²) in [7, 11) is 0. The molecular weight excluding hydrogens is 182 g/mol. The average molecular weight is 199 g/mol. The quantitative estimate of drug-likeness (QED) is 0.599. The Labute approximate surface area is 84.1 Å². The van der Waals surface area contributed by atoms with Gasteiger partial charge in [0.2, 0.25) is 0 Å². The number of rotatable bonds is 0. The summed E-state index contributed by atoms with van der Waals surface area (Å²) in [6.07, 6.45) is 2.99. The smallest absolute Gasteiger partial charge is 0.434 e. The number of nitrogens with zero attached hydrogens (tertiary/aromatic N) is 1.